The summed E-state index contributed by atoms with van der Waals surface area (Å²) in [6.45, 7) is 18.8. The van der Waals surface area contributed by atoms with Crippen LogP contribution in [0.1, 0.15) is 68.7 Å². The van der Waals surface area contributed by atoms with E-state index in [1.807, 2.05) is 6.92 Å². The highest BCUT2D eigenvalue weighted by molar-refractivity contribution is 6.74. The smallest absolute Gasteiger partial charge is 0.193 e. The van der Waals surface area contributed by atoms with E-state index >= 15 is 0 Å². The van der Waals surface area contributed by atoms with Gasteiger partial charge in [0, 0.05) is 0 Å². The number of carbonyl (C=O) groups is 1. The standard InChI is InChI=1S/C21H46O4Si2/c1-10-26(11-2,12-3)24-20(17(7)16-18(8)22)21(19(9)23)25-27(13-4,14-5)15-6/h17-18,20-22H,10-16H2,1-9H3/t17-,18+,20+,21+/m1/s1. The summed E-state index contributed by atoms with van der Waals surface area (Å²) in [5.74, 6) is 0.142. The van der Waals surface area contributed by atoms with Gasteiger partial charge in [0.15, 0.2) is 22.4 Å². The first-order valence-electron chi connectivity index (χ1n) is 11.1. The predicted molar refractivity (Wildman–Crippen MR) is 120 cm³/mol. The number of aliphatic hydroxyl groups excluding tert-OH is 1. The molecule has 0 radical (unpaired) electrons. The molecule has 4 nitrogen and oxygen atoms in total. The van der Waals surface area contributed by atoms with E-state index < -0.39 is 28.8 Å². The molecule has 4 atom stereocenters. The topological polar surface area (TPSA) is 55.8 Å². The molecule has 0 saturated heterocycles. The molecule has 0 bridgehead atoms. The van der Waals surface area contributed by atoms with Crippen LogP contribution in [0.15, 0.2) is 0 Å². The van der Waals surface area contributed by atoms with E-state index in [0.717, 1.165) is 36.3 Å². The van der Waals surface area contributed by atoms with Crippen LogP contribution in [0.5, 0.6) is 0 Å². The molecule has 1 N–H and O–H groups in total. The second kappa shape index (κ2) is 12.5. The molecule has 0 unspecified atom stereocenters. The van der Waals surface area contributed by atoms with E-state index in [1.165, 1.54) is 0 Å². The molecule has 6 heteroatoms. The fourth-order valence-corrected chi connectivity index (χ4v) is 9.86. The maximum absolute atomic E-state index is 12.7. The summed E-state index contributed by atoms with van der Waals surface area (Å²) in [5.41, 5.74) is 0. The van der Waals surface area contributed by atoms with Crippen molar-refractivity contribution in [3.63, 3.8) is 0 Å². The number of ketones is 1. The molecule has 0 saturated carbocycles. The minimum absolute atomic E-state index is 0.0656. The molecule has 0 aromatic rings. The summed E-state index contributed by atoms with van der Waals surface area (Å²) in [4.78, 5) is 12.7. The zero-order valence-electron chi connectivity index (χ0n) is 19.4. The van der Waals surface area contributed by atoms with Gasteiger partial charge in [-0.1, -0.05) is 48.5 Å². The lowest BCUT2D eigenvalue weighted by Crippen LogP contribution is -2.54. The Morgan fingerprint density at radius 3 is 1.48 bits per heavy atom. The Morgan fingerprint density at radius 1 is 0.815 bits per heavy atom. The molecule has 162 valence electrons. The van der Waals surface area contributed by atoms with E-state index in [-0.39, 0.29) is 17.8 Å². The molecule has 0 rings (SSSR count). The molecule has 0 aliphatic carbocycles. The van der Waals surface area contributed by atoms with E-state index in [9.17, 15) is 9.90 Å². The first-order chi connectivity index (χ1) is 12.6. The Bertz CT molecular complexity index is 404. The van der Waals surface area contributed by atoms with Gasteiger partial charge in [0.25, 0.3) is 0 Å². The SMILES string of the molecule is CC[Si](CC)(CC)O[C@@H]([C@H](C)C[C@H](C)O)[C@@H](O[Si](CC)(CC)CC)C(C)=O. The highest BCUT2D eigenvalue weighted by Crippen LogP contribution is 2.33. The van der Waals surface area contributed by atoms with Crippen molar-refractivity contribution in [2.45, 2.75) is 123 Å². The quantitative estimate of drug-likeness (QED) is 0.343. The van der Waals surface area contributed by atoms with Crippen molar-refractivity contribution >= 4 is 22.4 Å². The Balaban J connectivity index is 5.96. The van der Waals surface area contributed by atoms with Crippen LogP contribution < -0.4 is 0 Å². The van der Waals surface area contributed by atoms with Crippen LogP contribution in [0.2, 0.25) is 36.3 Å². The third-order valence-corrected chi connectivity index (χ3v) is 15.9. The summed E-state index contributed by atoms with van der Waals surface area (Å²) < 4.78 is 13.6. The highest BCUT2D eigenvalue weighted by Gasteiger charge is 2.43. The van der Waals surface area contributed by atoms with Gasteiger partial charge in [0.05, 0.1) is 12.2 Å². The molecule has 27 heavy (non-hydrogen) atoms. The van der Waals surface area contributed by atoms with Gasteiger partial charge >= 0.3 is 0 Å². The van der Waals surface area contributed by atoms with Crippen LogP contribution >= 0.6 is 0 Å². The first kappa shape index (κ1) is 27.0. The molecule has 0 aromatic carbocycles. The number of hydrogen-bond acceptors (Lipinski definition) is 4. The van der Waals surface area contributed by atoms with Crippen molar-refractivity contribution in [2.24, 2.45) is 5.92 Å². The van der Waals surface area contributed by atoms with E-state index in [2.05, 4.69) is 48.5 Å². The normalized spacial score (nSPS) is 17.4. The third kappa shape index (κ3) is 7.73. The van der Waals surface area contributed by atoms with Crippen molar-refractivity contribution < 1.29 is 18.8 Å². The van der Waals surface area contributed by atoms with Gasteiger partial charge in [-0.2, -0.15) is 0 Å². The summed E-state index contributed by atoms with van der Waals surface area (Å²) in [6.07, 6.45) is -0.564. The molecular formula is C21H46O4Si2. The van der Waals surface area contributed by atoms with Crippen molar-refractivity contribution in [3.8, 4) is 0 Å². The predicted octanol–water partition coefficient (Wildman–Crippen LogP) is 5.76. The Labute approximate surface area is 170 Å². The molecule has 0 fully saturated rings. The first-order valence-corrected chi connectivity index (χ1v) is 16.2. The summed E-state index contributed by atoms with van der Waals surface area (Å²) >= 11 is 0. The van der Waals surface area contributed by atoms with Gasteiger partial charge in [0.1, 0.15) is 6.10 Å². The average Bonchev–Trinajstić information content (AvgIpc) is 2.65. The molecule has 0 heterocycles. The summed E-state index contributed by atoms with van der Waals surface area (Å²) in [7, 11) is -3.85. The number of aliphatic hydroxyl groups is 1. The number of carbonyl (C=O) groups excluding carboxylic acids is 1. The molecule has 0 amide bonds. The highest BCUT2D eigenvalue weighted by atomic mass is 28.4. The van der Waals surface area contributed by atoms with Crippen molar-refractivity contribution in [1.82, 2.24) is 0 Å². The second-order valence-electron chi connectivity index (χ2n) is 8.28. The molecule has 0 aliphatic heterocycles. The van der Waals surface area contributed by atoms with Gasteiger partial charge < -0.3 is 14.0 Å². The largest absolute Gasteiger partial charge is 0.411 e. The summed E-state index contributed by atoms with van der Waals surface area (Å²) in [6, 6.07) is 6.17. The fourth-order valence-electron chi connectivity index (χ4n) is 4.09. The number of rotatable bonds is 15. The van der Waals surface area contributed by atoms with Crippen LogP contribution in [0, 0.1) is 5.92 Å². The maximum Gasteiger partial charge on any atom is 0.193 e. The fraction of sp³-hybridized carbons (Fsp3) is 0.952. The van der Waals surface area contributed by atoms with Gasteiger partial charge in [-0.3, -0.25) is 4.79 Å². The summed E-state index contributed by atoms with van der Waals surface area (Å²) in [5, 5.41) is 9.97. The molecular weight excluding hydrogens is 372 g/mol. The Kier molecular flexibility index (Phi) is 12.5. The Morgan fingerprint density at radius 2 is 1.19 bits per heavy atom. The van der Waals surface area contributed by atoms with Crippen LogP contribution in [0.4, 0.5) is 0 Å². The van der Waals surface area contributed by atoms with E-state index in [0.29, 0.717) is 6.42 Å². The average molecular weight is 419 g/mol. The van der Waals surface area contributed by atoms with Crippen molar-refractivity contribution in [2.75, 3.05) is 0 Å². The lowest BCUT2D eigenvalue weighted by molar-refractivity contribution is -0.130. The van der Waals surface area contributed by atoms with E-state index in [1.54, 1.807) is 6.92 Å². The minimum atomic E-state index is -1.95. The van der Waals surface area contributed by atoms with Gasteiger partial charge in [-0.05, 0) is 62.5 Å². The monoisotopic (exact) mass is 418 g/mol. The molecule has 0 spiro atoms. The minimum Gasteiger partial charge on any atom is -0.411 e. The van der Waals surface area contributed by atoms with Crippen molar-refractivity contribution in [1.29, 1.82) is 0 Å². The van der Waals surface area contributed by atoms with Crippen LogP contribution in [-0.4, -0.2) is 45.8 Å². The lowest BCUT2D eigenvalue weighted by Gasteiger charge is -2.42. The van der Waals surface area contributed by atoms with Gasteiger partial charge in [0.2, 0.25) is 0 Å². The zero-order valence-corrected chi connectivity index (χ0v) is 21.4. The number of hydrogen-bond donors (Lipinski definition) is 1. The lowest BCUT2D eigenvalue weighted by atomic mass is 9.93. The maximum atomic E-state index is 12.7. The second-order valence-corrected chi connectivity index (χ2v) is 17.7. The Hall–Kier alpha value is -0.0162. The van der Waals surface area contributed by atoms with Crippen LogP contribution in [0.25, 0.3) is 0 Å². The molecule has 0 aliphatic rings. The van der Waals surface area contributed by atoms with Crippen LogP contribution in [0.3, 0.4) is 0 Å². The van der Waals surface area contributed by atoms with Crippen molar-refractivity contribution in [3.05, 3.63) is 0 Å². The zero-order chi connectivity index (χ0) is 21.3. The van der Waals surface area contributed by atoms with Crippen LogP contribution in [-0.2, 0) is 13.6 Å². The van der Waals surface area contributed by atoms with Gasteiger partial charge in [-0.25, -0.2) is 0 Å². The van der Waals surface area contributed by atoms with Gasteiger partial charge in [-0.15, -0.1) is 0 Å². The van der Waals surface area contributed by atoms with E-state index in [4.69, 9.17) is 8.85 Å². The molecule has 0 aromatic heterocycles. The number of Topliss-reactive ketones (excluding diaryl/α,β-unsaturated/α-hetero) is 1. The third-order valence-electron chi connectivity index (χ3n) is 6.60.